The van der Waals surface area contributed by atoms with Gasteiger partial charge in [-0.2, -0.15) is 0 Å². The van der Waals surface area contributed by atoms with Gasteiger partial charge in [0.05, 0.1) is 24.3 Å². The minimum absolute atomic E-state index is 0.0525. The van der Waals surface area contributed by atoms with Gasteiger partial charge in [-0.15, -0.1) is 0 Å². The molecule has 6 heteroatoms. The molecule has 0 spiro atoms. The van der Waals surface area contributed by atoms with E-state index in [1.54, 1.807) is 19.1 Å². The third-order valence-corrected chi connectivity index (χ3v) is 3.23. The second-order valence-electron chi connectivity index (χ2n) is 5.32. The largest absolute Gasteiger partial charge is 0.478 e. The lowest BCUT2D eigenvalue weighted by molar-refractivity contribution is -0.139. The molecule has 1 N–H and O–H groups in total. The SMILES string of the molecule is C=C(C)C(=O)OCCCCCCOC(=O)c1ccccc1C(=O)O. The van der Waals surface area contributed by atoms with E-state index in [1.807, 2.05) is 0 Å². The Labute approximate surface area is 141 Å². The van der Waals surface area contributed by atoms with Crippen molar-refractivity contribution in [3.63, 3.8) is 0 Å². The number of carboxylic acids is 1. The minimum atomic E-state index is -1.16. The summed E-state index contributed by atoms with van der Waals surface area (Å²) in [6.07, 6.45) is 3.05. The van der Waals surface area contributed by atoms with Crippen LogP contribution in [0.3, 0.4) is 0 Å². The summed E-state index contributed by atoms with van der Waals surface area (Å²) >= 11 is 0. The molecule has 1 aromatic rings. The van der Waals surface area contributed by atoms with E-state index in [1.165, 1.54) is 12.1 Å². The van der Waals surface area contributed by atoms with Crippen LogP contribution in [0.5, 0.6) is 0 Å². The van der Waals surface area contributed by atoms with Gasteiger partial charge in [0, 0.05) is 5.57 Å². The fourth-order valence-corrected chi connectivity index (χ4v) is 1.94. The standard InChI is InChI=1S/C18H22O6/c1-13(2)17(21)23-11-7-3-4-8-12-24-18(22)15-10-6-5-9-14(15)16(19)20/h5-6,9-10H,1,3-4,7-8,11-12H2,2H3,(H,19,20). The average Bonchev–Trinajstić information content (AvgIpc) is 2.56. The molecule has 0 saturated carbocycles. The highest BCUT2D eigenvalue weighted by atomic mass is 16.5. The Kier molecular flexibility index (Phi) is 8.25. The molecule has 0 saturated heterocycles. The molecule has 0 atom stereocenters. The first-order valence-corrected chi connectivity index (χ1v) is 7.75. The molecule has 1 aromatic carbocycles. The Bertz CT molecular complexity index is 605. The first-order valence-electron chi connectivity index (χ1n) is 7.75. The van der Waals surface area contributed by atoms with Gasteiger partial charge in [0.2, 0.25) is 0 Å². The number of rotatable bonds is 10. The first kappa shape index (κ1) is 19.4. The fourth-order valence-electron chi connectivity index (χ4n) is 1.94. The van der Waals surface area contributed by atoms with Crippen LogP contribution in [0, 0.1) is 0 Å². The lowest BCUT2D eigenvalue weighted by Crippen LogP contribution is -2.12. The van der Waals surface area contributed by atoms with Gasteiger partial charge in [-0.05, 0) is 44.7 Å². The quantitative estimate of drug-likeness (QED) is 0.401. The third kappa shape index (κ3) is 6.64. The predicted octanol–water partition coefficient (Wildman–Crippen LogP) is 3.22. The number of ether oxygens (including phenoxy) is 2. The van der Waals surface area contributed by atoms with Gasteiger partial charge in [-0.3, -0.25) is 0 Å². The van der Waals surface area contributed by atoms with Crippen LogP contribution in [-0.4, -0.2) is 36.2 Å². The van der Waals surface area contributed by atoms with Crippen LogP contribution < -0.4 is 0 Å². The molecule has 24 heavy (non-hydrogen) atoms. The summed E-state index contributed by atoms with van der Waals surface area (Å²) in [5.41, 5.74) is 0.363. The Balaban J connectivity index is 2.20. The van der Waals surface area contributed by atoms with E-state index in [-0.39, 0.29) is 23.7 Å². The number of aromatic carboxylic acids is 1. The fraction of sp³-hybridized carbons (Fsp3) is 0.389. The molecule has 0 heterocycles. The summed E-state index contributed by atoms with van der Waals surface area (Å²) in [7, 11) is 0. The van der Waals surface area contributed by atoms with E-state index < -0.39 is 11.9 Å². The van der Waals surface area contributed by atoms with Gasteiger partial charge in [-0.1, -0.05) is 18.7 Å². The van der Waals surface area contributed by atoms with Crippen molar-refractivity contribution in [1.29, 1.82) is 0 Å². The van der Waals surface area contributed by atoms with E-state index in [2.05, 4.69) is 6.58 Å². The highest BCUT2D eigenvalue weighted by molar-refractivity contribution is 6.02. The van der Waals surface area contributed by atoms with Crippen molar-refractivity contribution in [2.45, 2.75) is 32.6 Å². The van der Waals surface area contributed by atoms with Crippen LogP contribution in [0.2, 0.25) is 0 Å². The number of carbonyl (C=O) groups is 3. The van der Waals surface area contributed by atoms with Crippen LogP contribution in [0.1, 0.15) is 53.3 Å². The van der Waals surface area contributed by atoms with E-state index >= 15 is 0 Å². The molecule has 0 aliphatic heterocycles. The summed E-state index contributed by atoms with van der Waals surface area (Å²) in [4.78, 5) is 34.1. The van der Waals surface area contributed by atoms with Crippen LogP contribution in [0.4, 0.5) is 0 Å². The minimum Gasteiger partial charge on any atom is -0.478 e. The Morgan fingerprint density at radius 2 is 1.50 bits per heavy atom. The van der Waals surface area contributed by atoms with Crippen molar-refractivity contribution >= 4 is 17.9 Å². The van der Waals surface area contributed by atoms with E-state index in [9.17, 15) is 14.4 Å². The van der Waals surface area contributed by atoms with Crippen LogP contribution in [0.15, 0.2) is 36.4 Å². The number of esters is 2. The second kappa shape index (κ2) is 10.2. The number of unbranched alkanes of at least 4 members (excludes halogenated alkanes) is 3. The number of carboxylic acid groups (broad SMARTS) is 1. The van der Waals surface area contributed by atoms with E-state index in [0.29, 0.717) is 18.6 Å². The monoisotopic (exact) mass is 334 g/mol. The maximum absolute atomic E-state index is 11.9. The van der Waals surface area contributed by atoms with Gasteiger partial charge < -0.3 is 14.6 Å². The molecular formula is C18H22O6. The molecule has 0 fully saturated rings. The van der Waals surface area contributed by atoms with Crippen molar-refractivity contribution in [2.75, 3.05) is 13.2 Å². The first-order chi connectivity index (χ1) is 11.4. The normalized spacial score (nSPS) is 10.0. The molecule has 130 valence electrons. The van der Waals surface area contributed by atoms with Crippen molar-refractivity contribution in [3.8, 4) is 0 Å². The van der Waals surface area contributed by atoms with Crippen LogP contribution in [-0.2, 0) is 14.3 Å². The van der Waals surface area contributed by atoms with Crippen LogP contribution in [0.25, 0.3) is 0 Å². The molecular weight excluding hydrogens is 312 g/mol. The van der Waals surface area contributed by atoms with Gasteiger partial charge >= 0.3 is 17.9 Å². The summed E-state index contributed by atoms with van der Waals surface area (Å²) < 4.78 is 10.1. The summed E-state index contributed by atoms with van der Waals surface area (Å²) in [6, 6.07) is 5.95. The topological polar surface area (TPSA) is 89.9 Å². The number of carbonyl (C=O) groups excluding carboxylic acids is 2. The number of hydrogen-bond acceptors (Lipinski definition) is 5. The smallest absolute Gasteiger partial charge is 0.339 e. The molecule has 0 aromatic heterocycles. The molecule has 0 unspecified atom stereocenters. The Hall–Kier alpha value is -2.63. The molecule has 0 bridgehead atoms. The Morgan fingerprint density at radius 1 is 0.958 bits per heavy atom. The molecule has 0 radical (unpaired) electrons. The zero-order valence-electron chi connectivity index (χ0n) is 13.7. The van der Waals surface area contributed by atoms with Gasteiger partial charge in [0.25, 0.3) is 0 Å². The van der Waals surface area contributed by atoms with E-state index in [4.69, 9.17) is 14.6 Å². The maximum Gasteiger partial charge on any atom is 0.339 e. The maximum atomic E-state index is 11.9. The van der Waals surface area contributed by atoms with Crippen molar-refractivity contribution in [1.82, 2.24) is 0 Å². The highest BCUT2D eigenvalue weighted by Crippen LogP contribution is 2.11. The van der Waals surface area contributed by atoms with Gasteiger partial charge in [0.1, 0.15) is 0 Å². The lowest BCUT2D eigenvalue weighted by atomic mass is 10.1. The van der Waals surface area contributed by atoms with Crippen molar-refractivity contribution in [2.24, 2.45) is 0 Å². The summed E-state index contributed by atoms with van der Waals surface area (Å²) in [6.45, 7) is 5.65. The highest BCUT2D eigenvalue weighted by Gasteiger charge is 2.16. The second-order valence-corrected chi connectivity index (χ2v) is 5.32. The number of hydrogen-bond donors (Lipinski definition) is 1. The lowest BCUT2D eigenvalue weighted by Gasteiger charge is -2.07. The molecule has 0 aliphatic carbocycles. The van der Waals surface area contributed by atoms with Gasteiger partial charge in [0.15, 0.2) is 0 Å². The van der Waals surface area contributed by atoms with Gasteiger partial charge in [-0.25, -0.2) is 14.4 Å². The zero-order chi connectivity index (χ0) is 17.9. The summed E-state index contributed by atoms with van der Waals surface area (Å²) in [5.74, 6) is -2.18. The summed E-state index contributed by atoms with van der Waals surface area (Å²) in [5, 5.41) is 9.03. The molecule has 6 nitrogen and oxygen atoms in total. The van der Waals surface area contributed by atoms with Crippen molar-refractivity contribution < 1.29 is 29.0 Å². The molecule has 0 aliphatic rings. The Morgan fingerprint density at radius 3 is 2.04 bits per heavy atom. The average molecular weight is 334 g/mol. The predicted molar refractivity (Wildman–Crippen MR) is 87.9 cm³/mol. The molecule has 1 rings (SSSR count). The van der Waals surface area contributed by atoms with Crippen molar-refractivity contribution in [3.05, 3.63) is 47.5 Å². The zero-order valence-corrected chi connectivity index (χ0v) is 13.7. The van der Waals surface area contributed by atoms with Crippen LogP contribution >= 0.6 is 0 Å². The molecule has 0 amide bonds. The number of benzene rings is 1. The van der Waals surface area contributed by atoms with E-state index in [0.717, 1.165) is 19.3 Å². The third-order valence-electron chi connectivity index (χ3n) is 3.23.